The summed E-state index contributed by atoms with van der Waals surface area (Å²) in [6.45, 7) is 4.66. The third-order valence-electron chi connectivity index (χ3n) is 5.03. The molecule has 1 heterocycles. The lowest BCUT2D eigenvalue weighted by Gasteiger charge is -2.41. The molecule has 2 N–H and O–H groups in total. The third-order valence-corrected chi connectivity index (χ3v) is 5.03. The second kappa shape index (κ2) is 4.73. The van der Waals surface area contributed by atoms with Crippen molar-refractivity contribution in [2.75, 3.05) is 0 Å². The molecule has 2 unspecified atom stereocenters. The molecule has 1 aromatic carbocycles. The highest BCUT2D eigenvalue weighted by atomic mass is 19.1. The van der Waals surface area contributed by atoms with E-state index in [4.69, 9.17) is 10.5 Å². The second-order valence-electron chi connectivity index (χ2n) is 7.30. The Balaban J connectivity index is 1.88. The molecule has 2 aliphatic rings. The highest BCUT2D eigenvalue weighted by Gasteiger charge is 2.42. The zero-order valence-corrected chi connectivity index (χ0v) is 12.4. The third kappa shape index (κ3) is 2.56. The van der Waals surface area contributed by atoms with Gasteiger partial charge in [-0.05, 0) is 55.7 Å². The second-order valence-corrected chi connectivity index (χ2v) is 7.30. The van der Waals surface area contributed by atoms with E-state index < -0.39 is 0 Å². The van der Waals surface area contributed by atoms with Gasteiger partial charge in [0.2, 0.25) is 0 Å². The smallest absolute Gasteiger partial charge is 0.125 e. The molecule has 1 saturated carbocycles. The normalized spacial score (nSPS) is 32.3. The van der Waals surface area contributed by atoms with Gasteiger partial charge in [-0.3, -0.25) is 0 Å². The van der Waals surface area contributed by atoms with E-state index in [0.29, 0.717) is 5.41 Å². The van der Waals surface area contributed by atoms with Crippen molar-refractivity contribution in [2.45, 2.75) is 64.0 Å². The molecule has 0 saturated heterocycles. The molecule has 1 aromatic rings. The lowest BCUT2D eigenvalue weighted by Crippen LogP contribution is -2.42. The van der Waals surface area contributed by atoms with Gasteiger partial charge in [0.25, 0.3) is 0 Å². The summed E-state index contributed by atoms with van der Waals surface area (Å²) in [5.74, 6) is 0.547. The van der Waals surface area contributed by atoms with Gasteiger partial charge < -0.3 is 10.5 Å². The summed E-state index contributed by atoms with van der Waals surface area (Å²) in [5, 5.41) is 0. The van der Waals surface area contributed by atoms with E-state index >= 15 is 0 Å². The Bertz CT molecular complexity index is 514. The van der Waals surface area contributed by atoms with Crippen molar-refractivity contribution in [3.8, 4) is 5.75 Å². The Labute approximate surface area is 120 Å². The summed E-state index contributed by atoms with van der Waals surface area (Å²) in [6, 6.07) is 4.61. The number of halogens is 1. The van der Waals surface area contributed by atoms with Gasteiger partial charge in [0.05, 0.1) is 0 Å². The molecule has 1 spiro atoms. The van der Waals surface area contributed by atoms with Gasteiger partial charge in [-0.25, -0.2) is 4.39 Å². The molecule has 2 atom stereocenters. The molecule has 1 aliphatic heterocycles. The van der Waals surface area contributed by atoms with Crippen LogP contribution in [-0.4, -0.2) is 5.60 Å². The number of nitrogens with two attached hydrogens (primary N) is 1. The molecular weight excluding hydrogens is 253 g/mol. The van der Waals surface area contributed by atoms with Crippen LogP contribution in [0.1, 0.15) is 64.0 Å². The van der Waals surface area contributed by atoms with Crippen LogP contribution in [0.2, 0.25) is 0 Å². The molecule has 2 nitrogen and oxygen atoms in total. The van der Waals surface area contributed by atoms with Gasteiger partial charge in [-0.1, -0.05) is 13.8 Å². The van der Waals surface area contributed by atoms with Crippen molar-refractivity contribution in [3.63, 3.8) is 0 Å². The van der Waals surface area contributed by atoms with Gasteiger partial charge in [0.1, 0.15) is 17.2 Å². The Kier molecular flexibility index (Phi) is 3.28. The predicted molar refractivity (Wildman–Crippen MR) is 78.2 cm³/mol. The van der Waals surface area contributed by atoms with Gasteiger partial charge in [0.15, 0.2) is 0 Å². The minimum absolute atomic E-state index is 0.115. The van der Waals surface area contributed by atoms with E-state index in [1.807, 2.05) is 0 Å². The maximum Gasteiger partial charge on any atom is 0.125 e. The topological polar surface area (TPSA) is 35.2 Å². The van der Waals surface area contributed by atoms with E-state index in [9.17, 15) is 4.39 Å². The average molecular weight is 277 g/mol. The molecule has 1 aliphatic carbocycles. The lowest BCUT2D eigenvalue weighted by molar-refractivity contribution is 0.0187. The molecule has 0 radical (unpaired) electrons. The standard InChI is InChI=1S/C17H24FNO/c1-16(2)6-3-7-17(9-8-16)11-14(19)13-10-12(18)4-5-15(13)20-17/h4-5,10,14H,3,6-9,11,19H2,1-2H3. The largest absolute Gasteiger partial charge is 0.487 e. The minimum Gasteiger partial charge on any atom is -0.487 e. The maximum absolute atomic E-state index is 13.4. The SMILES string of the molecule is CC1(C)CCCC2(CC1)CC(N)c1cc(F)ccc1O2. The number of fused-ring (bicyclic) bond motifs is 1. The van der Waals surface area contributed by atoms with Crippen LogP contribution in [0.3, 0.4) is 0 Å². The van der Waals surface area contributed by atoms with Crippen molar-refractivity contribution < 1.29 is 9.13 Å². The van der Waals surface area contributed by atoms with E-state index in [-0.39, 0.29) is 17.5 Å². The van der Waals surface area contributed by atoms with Crippen molar-refractivity contribution >= 4 is 0 Å². The quantitative estimate of drug-likeness (QED) is 0.765. The molecule has 20 heavy (non-hydrogen) atoms. The number of hydrogen-bond acceptors (Lipinski definition) is 2. The Morgan fingerprint density at radius 2 is 2.00 bits per heavy atom. The van der Waals surface area contributed by atoms with Crippen molar-refractivity contribution in [3.05, 3.63) is 29.6 Å². The van der Waals surface area contributed by atoms with Crippen LogP contribution >= 0.6 is 0 Å². The minimum atomic E-state index is -0.235. The zero-order chi connectivity index (χ0) is 14.4. The fourth-order valence-corrected chi connectivity index (χ4v) is 3.70. The maximum atomic E-state index is 13.4. The van der Waals surface area contributed by atoms with Gasteiger partial charge in [0, 0.05) is 18.0 Å². The summed E-state index contributed by atoms with van der Waals surface area (Å²) in [7, 11) is 0. The van der Waals surface area contributed by atoms with E-state index in [1.54, 1.807) is 6.07 Å². The molecule has 0 amide bonds. The molecule has 3 rings (SSSR count). The monoisotopic (exact) mass is 277 g/mol. The first-order chi connectivity index (χ1) is 9.39. The van der Waals surface area contributed by atoms with Crippen LogP contribution < -0.4 is 10.5 Å². The summed E-state index contributed by atoms with van der Waals surface area (Å²) in [6.07, 6.45) is 6.49. The fraction of sp³-hybridized carbons (Fsp3) is 0.647. The molecule has 110 valence electrons. The predicted octanol–water partition coefficient (Wildman–Crippen LogP) is 4.34. The van der Waals surface area contributed by atoms with Gasteiger partial charge >= 0.3 is 0 Å². The van der Waals surface area contributed by atoms with E-state index in [2.05, 4.69) is 13.8 Å². The van der Waals surface area contributed by atoms with Crippen LogP contribution in [0.15, 0.2) is 18.2 Å². The summed E-state index contributed by atoms with van der Waals surface area (Å²) < 4.78 is 19.7. The fourth-order valence-electron chi connectivity index (χ4n) is 3.70. The Morgan fingerprint density at radius 1 is 1.20 bits per heavy atom. The van der Waals surface area contributed by atoms with Crippen molar-refractivity contribution in [2.24, 2.45) is 11.1 Å². The van der Waals surface area contributed by atoms with Gasteiger partial charge in [-0.2, -0.15) is 0 Å². The average Bonchev–Trinajstić information content (AvgIpc) is 2.51. The molecule has 3 heteroatoms. The molecular formula is C17H24FNO. The molecule has 1 fully saturated rings. The molecule has 0 aromatic heterocycles. The van der Waals surface area contributed by atoms with Crippen LogP contribution in [-0.2, 0) is 0 Å². The zero-order valence-electron chi connectivity index (χ0n) is 12.4. The van der Waals surface area contributed by atoms with Gasteiger partial charge in [-0.15, -0.1) is 0 Å². The first kappa shape index (κ1) is 13.9. The molecule has 0 bridgehead atoms. The van der Waals surface area contributed by atoms with Crippen LogP contribution in [0.4, 0.5) is 4.39 Å². The number of benzene rings is 1. The summed E-state index contributed by atoms with van der Waals surface area (Å²) >= 11 is 0. The van der Waals surface area contributed by atoms with Crippen molar-refractivity contribution in [1.82, 2.24) is 0 Å². The van der Waals surface area contributed by atoms with E-state index in [0.717, 1.165) is 37.0 Å². The highest BCUT2D eigenvalue weighted by molar-refractivity contribution is 5.39. The Hall–Kier alpha value is -1.09. The van der Waals surface area contributed by atoms with Crippen LogP contribution in [0.25, 0.3) is 0 Å². The highest BCUT2D eigenvalue weighted by Crippen LogP contribution is 2.47. The number of ether oxygens (including phenoxy) is 1. The van der Waals surface area contributed by atoms with Crippen LogP contribution in [0.5, 0.6) is 5.75 Å². The number of hydrogen-bond donors (Lipinski definition) is 1. The van der Waals surface area contributed by atoms with Crippen molar-refractivity contribution in [1.29, 1.82) is 0 Å². The summed E-state index contributed by atoms with van der Waals surface area (Å²) in [4.78, 5) is 0. The van der Waals surface area contributed by atoms with Crippen LogP contribution in [0, 0.1) is 11.2 Å². The Morgan fingerprint density at radius 3 is 2.80 bits per heavy atom. The number of rotatable bonds is 0. The lowest BCUT2D eigenvalue weighted by atomic mass is 9.80. The summed E-state index contributed by atoms with van der Waals surface area (Å²) in [5.41, 5.74) is 7.36. The first-order valence-corrected chi connectivity index (χ1v) is 7.63. The van der Waals surface area contributed by atoms with E-state index in [1.165, 1.54) is 25.0 Å². The first-order valence-electron chi connectivity index (χ1n) is 7.63.